The van der Waals surface area contributed by atoms with Crippen molar-refractivity contribution < 1.29 is 22.4 Å². The summed E-state index contributed by atoms with van der Waals surface area (Å²) in [6.07, 6.45) is -2.71. The third kappa shape index (κ3) is 1.92. The molecule has 0 unspecified atom stereocenters. The van der Waals surface area contributed by atoms with Crippen molar-refractivity contribution in [3.8, 4) is 0 Å². The van der Waals surface area contributed by atoms with Gasteiger partial charge < -0.3 is 4.90 Å². The minimum atomic E-state index is -4.52. The number of rotatable bonds is 2. The smallest absolute Gasteiger partial charge is 0.337 e. The highest BCUT2D eigenvalue weighted by Gasteiger charge is 2.51. The summed E-state index contributed by atoms with van der Waals surface area (Å²) in [7, 11) is 0. The molecular weight excluding hydrogens is 190 g/mol. The predicted octanol–water partition coefficient (Wildman–Crippen LogP) is 1.51. The molecule has 0 aromatic heterocycles. The van der Waals surface area contributed by atoms with Crippen LogP contribution in [-0.2, 0) is 4.79 Å². The molecule has 1 rings (SSSR count). The Balaban J connectivity index is 2.64. The molecule has 0 aliphatic carbocycles. The van der Waals surface area contributed by atoms with Gasteiger partial charge in [-0.2, -0.15) is 8.78 Å². The molecule has 1 heterocycles. The second-order valence-electron chi connectivity index (χ2n) is 2.92. The van der Waals surface area contributed by atoms with Gasteiger partial charge in [-0.05, 0) is 12.8 Å². The minimum absolute atomic E-state index is 0.154. The van der Waals surface area contributed by atoms with Gasteiger partial charge in [-0.25, -0.2) is 8.78 Å². The quantitative estimate of drug-likeness (QED) is 0.617. The molecule has 0 aromatic carbocycles. The van der Waals surface area contributed by atoms with Gasteiger partial charge in [-0.1, -0.05) is 0 Å². The molecule has 0 aromatic rings. The third-order valence-electron chi connectivity index (χ3n) is 1.95. The molecule has 0 radical (unpaired) electrons. The lowest BCUT2D eigenvalue weighted by Crippen LogP contribution is -2.46. The molecule has 0 atom stereocenters. The highest BCUT2D eigenvalue weighted by molar-refractivity contribution is 5.84. The van der Waals surface area contributed by atoms with Crippen molar-refractivity contribution in [2.75, 3.05) is 13.1 Å². The van der Waals surface area contributed by atoms with Crippen LogP contribution in [0.2, 0.25) is 0 Å². The van der Waals surface area contributed by atoms with Gasteiger partial charge in [0.15, 0.2) is 0 Å². The van der Waals surface area contributed by atoms with Gasteiger partial charge in [0.25, 0.3) is 5.91 Å². The van der Waals surface area contributed by atoms with Gasteiger partial charge in [0.1, 0.15) is 0 Å². The summed E-state index contributed by atoms with van der Waals surface area (Å²) < 4.78 is 48.3. The topological polar surface area (TPSA) is 20.3 Å². The second kappa shape index (κ2) is 3.51. The monoisotopic (exact) mass is 199 g/mol. The Kier molecular flexibility index (Phi) is 2.77. The van der Waals surface area contributed by atoms with E-state index in [1.54, 1.807) is 0 Å². The number of carbonyl (C=O) groups is 1. The zero-order chi connectivity index (χ0) is 10.1. The number of likely N-dealkylation sites (tertiary alicyclic amines) is 1. The van der Waals surface area contributed by atoms with Crippen LogP contribution in [-0.4, -0.2) is 36.2 Å². The molecule has 2 nitrogen and oxygen atoms in total. The lowest BCUT2D eigenvalue weighted by atomic mass is 10.3. The molecule has 13 heavy (non-hydrogen) atoms. The van der Waals surface area contributed by atoms with Crippen LogP contribution in [0.4, 0.5) is 17.6 Å². The first-order valence-electron chi connectivity index (χ1n) is 3.91. The van der Waals surface area contributed by atoms with Gasteiger partial charge >= 0.3 is 12.3 Å². The predicted molar refractivity (Wildman–Crippen MR) is 36.8 cm³/mol. The van der Waals surface area contributed by atoms with E-state index in [4.69, 9.17) is 0 Å². The number of nitrogens with zero attached hydrogens (tertiary/aromatic N) is 1. The Morgan fingerprint density at radius 1 is 1.23 bits per heavy atom. The van der Waals surface area contributed by atoms with Crippen LogP contribution in [0.5, 0.6) is 0 Å². The van der Waals surface area contributed by atoms with Crippen molar-refractivity contribution in [3.05, 3.63) is 0 Å². The second-order valence-corrected chi connectivity index (χ2v) is 2.92. The molecule has 6 heteroatoms. The van der Waals surface area contributed by atoms with Gasteiger partial charge in [-0.15, -0.1) is 0 Å². The number of hydrogen-bond donors (Lipinski definition) is 0. The lowest BCUT2D eigenvalue weighted by Gasteiger charge is -2.21. The summed E-state index contributed by atoms with van der Waals surface area (Å²) in [5.74, 6) is -6.27. The normalized spacial score (nSPS) is 18.4. The zero-order valence-corrected chi connectivity index (χ0v) is 6.77. The van der Waals surface area contributed by atoms with Crippen LogP contribution in [0.3, 0.4) is 0 Å². The number of amides is 1. The molecular formula is C7H9F4NO. The van der Waals surface area contributed by atoms with Crippen molar-refractivity contribution >= 4 is 5.91 Å². The number of halogens is 4. The average molecular weight is 199 g/mol. The molecule has 0 N–H and O–H groups in total. The van der Waals surface area contributed by atoms with Gasteiger partial charge in [0, 0.05) is 13.1 Å². The molecule has 0 spiro atoms. The number of carbonyl (C=O) groups excluding carboxylic acids is 1. The molecule has 0 bridgehead atoms. The molecule has 76 valence electrons. The van der Waals surface area contributed by atoms with Gasteiger partial charge in [0.2, 0.25) is 0 Å². The molecule has 0 saturated carbocycles. The lowest BCUT2D eigenvalue weighted by molar-refractivity contribution is -0.179. The van der Waals surface area contributed by atoms with Crippen LogP contribution in [0.1, 0.15) is 12.8 Å². The maximum atomic E-state index is 12.5. The Morgan fingerprint density at radius 3 is 2.08 bits per heavy atom. The highest BCUT2D eigenvalue weighted by atomic mass is 19.3. The summed E-state index contributed by atoms with van der Waals surface area (Å²) in [4.78, 5) is 11.6. The van der Waals surface area contributed by atoms with Crippen LogP contribution in [0.25, 0.3) is 0 Å². The summed E-state index contributed by atoms with van der Waals surface area (Å²) in [5.41, 5.74) is 0. The minimum Gasteiger partial charge on any atom is -0.337 e. The van der Waals surface area contributed by atoms with E-state index in [1.165, 1.54) is 0 Å². The Labute approximate surface area is 72.5 Å². The summed E-state index contributed by atoms with van der Waals surface area (Å²) in [5, 5.41) is 0. The molecule has 1 aliphatic rings. The maximum Gasteiger partial charge on any atom is 0.383 e. The van der Waals surface area contributed by atoms with E-state index in [-0.39, 0.29) is 13.1 Å². The van der Waals surface area contributed by atoms with Crippen LogP contribution < -0.4 is 0 Å². The Hall–Kier alpha value is -0.810. The number of alkyl halides is 4. The summed E-state index contributed by atoms with van der Waals surface area (Å²) in [6.45, 7) is 0.308. The van der Waals surface area contributed by atoms with E-state index in [0.29, 0.717) is 12.8 Å². The first-order chi connectivity index (χ1) is 5.96. The van der Waals surface area contributed by atoms with Crippen LogP contribution >= 0.6 is 0 Å². The van der Waals surface area contributed by atoms with E-state index in [1.807, 2.05) is 0 Å². The Morgan fingerprint density at radius 2 is 1.69 bits per heavy atom. The van der Waals surface area contributed by atoms with Crippen LogP contribution in [0, 0.1) is 0 Å². The zero-order valence-electron chi connectivity index (χ0n) is 6.77. The average Bonchev–Trinajstić information content (AvgIpc) is 2.54. The van der Waals surface area contributed by atoms with Gasteiger partial charge in [0.05, 0.1) is 0 Å². The Bertz CT molecular complexity index is 201. The molecule has 1 saturated heterocycles. The fourth-order valence-corrected chi connectivity index (χ4v) is 1.22. The van der Waals surface area contributed by atoms with Crippen molar-refractivity contribution in [1.29, 1.82) is 0 Å². The fraction of sp³-hybridized carbons (Fsp3) is 0.857. The van der Waals surface area contributed by atoms with Crippen molar-refractivity contribution in [2.24, 2.45) is 0 Å². The van der Waals surface area contributed by atoms with Crippen molar-refractivity contribution in [3.63, 3.8) is 0 Å². The van der Waals surface area contributed by atoms with E-state index in [2.05, 4.69) is 0 Å². The highest BCUT2D eigenvalue weighted by Crippen LogP contribution is 2.26. The molecule has 1 amide bonds. The third-order valence-corrected chi connectivity index (χ3v) is 1.95. The standard InChI is InChI=1S/C7H9F4NO/c8-5(9)7(10,11)6(13)12-3-1-2-4-12/h5H,1-4H2. The maximum absolute atomic E-state index is 12.5. The van der Waals surface area contributed by atoms with Gasteiger partial charge in [-0.3, -0.25) is 4.79 Å². The SMILES string of the molecule is O=C(N1CCCC1)C(F)(F)C(F)F. The summed E-state index contributed by atoms with van der Waals surface area (Å²) >= 11 is 0. The van der Waals surface area contributed by atoms with E-state index < -0.39 is 18.3 Å². The van der Waals surface area contributed by atoms with Crippen molar-refractivity contribution in [1.82, 2.24) is 4.90 Å². The molecule has 1 fully saturated rings. The first-order valence-corrected chi connectivity index (χ1v) is 3.91. The van der Waals surface area contributed by atoms with E-state index >= 15 is 0 Å². The van der Waals surface area contributed by atoms with E-state index in [0.717, 1.165) is 4.90 Å². The fourth-order valence-electron chi connectivity index (χ4n) is 1.22. The first kappa shape index (κ1) is 10.3. The van der Waals surface area contributed by atoms with Crippen molar-refractivity contribution in [2.45, 2.75) is 25.2 Å². The molecule has 1 aliphatic heterocycles. The summed E-state index contributed by atoms with van der Waals surface area (Å²) in [6, 6.07) is 0. The largest absolute Gasteiger partial charge is 0.383 e. The number of hydrogen-bond acceptors (Lipinski definition) is 1. The van der Waals surface area contributed by atoms with E-state index in [9.17, 15) is 22.4 Å². The van der Waals surface area contributed by atoms with Crippen LogP contribution in [0.15, 0.2) is 0 Å².